The van der Waals surface area contributed by atoms with Gasteiger partial charge in [0.05, 0.1) is 11.3 Å². The number of carbonyl (C=O) groups excluding carboxylic acids is 1. The molecule has 4 nitrogen and oxygen atoms in total. The second-order valence-corrected chi connectivity index (χ2v) is 4.09. The fourth-order valence-corrected chi connectivity index (χ4v) is 1.72. The van der Waals surface area contributed by atoms with Crippen LogP contribution in [-0.2, 0) is 0 Å². The van der Waals surface area contributed by atoms with E-state index in [-0.39, 0.29) is 17.0 Å². The van der Waals surface area contributed by atoms with E-state index in [0.29, 0.717) is 5.69 Å². The lowest BCUT2D eigenvalue weighted by molar-refractivity contribution is 0.0993. The number of phenolic OH excluding ortho intramolecular Hbond substituents is 1. The molecule has 0 aliphatic carbocycles. The molecule has 0 atom stereocenters. The van der Waals surface area contributed by atoms with Crippen molar-refractivity contribution in [3.05, 3.63) is 53.8 Å². The van der Waals surface area contributed by atoms with Crippen molar-refractivity contribution < 1.29 is 14.3 Å². The number of para-hydroxylation sites is 1. The molecule has 0 aliphatic rings. The van der Waals surface area contributed by atoms with Gasteiger partial charge in [-0.25, -0.2) is 4.39 Å². The first kappa shape index (κ1) is 12.9. The Morgan fingerprint density at radius 3 is 2.63 bits per heavy atom. The number of benzene rings is 2. The summed E-state index contributed by atoms with van der Waals surface area (Å²) in [5, 5.41) is 9.39. The third-order valence-electron chi connectivity index (χ3n) is 2.80. The molecule has 19 heavy (non-hydrogen) atoms. The summed E-state index contributed by atoms with van der Waals surface area (Å²) in [5.41, 5.74) is 5.96. The van der Waals surface area contributed by atoms with Crippen molar-refractivity contribution in [1.82, 2.24) is 0 Å². The van der Waals surface area contributed by atoms with E-state index in [4.69, 9.17) is 5.73 Å². The molecule has 98 valence electrons. The molecule has 0 fully saturated rings. The lowest BCUT2D eigenvalue weighted by Gasteiger charge is -2.18. The van der Waals surface area contributed by atoms with Crippen molar-refractivity contribution in [3.8, 4) is 5.75 Å². The minimum atomic E-state index is -0.629. The third-order valence-corrected chi connectivity index (χ3v) is 2.80. The molecule has 0 aromatic heterocycles. The molecule has 5 heteroatoms. The summed E-state index contributed by atoms with van der Waals surface area (Å²) >= 11 is 0. The van der Waals surface area contributed by atoms with Crippen LogP contribution < -0.4 is 10.6 Å². The summed E-state index contributed by atoms with van der Waals surface area (Å²) in [6.07, 6.45) is 0. The second kappa shape index (κ2) is 4.97. The topological polar surface area (TPSA) is 66.6 Å². The lowest BCUT2D eigenvalue weighted by atomic mass is 10.1. The van der Waals surface area contributed by atoms with E-state index in [2.05, 4.69) is 0 Å². The largest absolute Gasteiger partial charge is 0.508 e. The number of nitrogens with zero attached hydrogens (tertiary/aromatic N) is 1. The summed E-state index contributed by atoms with van der Waals surface area (Å²) in [5.74, 6) is -1.03. The molecule has 0 aliphatic heterocycles. The molecule has 0 unspecified atom stereocenters. The van der Waals surface area contributed by atoms with E-state index < -0.39 is 11.7 Å². The molecule has 0 saturated heterocycles. The van der Waals surface area contributed by atoms with Gasteiger partial charge in [0.1, 0.15) is 11.6 Å². The fourth-order valence-electron chi connectivity index (χ4n) is 1.72. The summed E-state index contributed by atoms with van der Waals surface area (Å²) < 4.78 is 13.3. The summed E-state index contributed by atoms with van der Waals surface area (Å²) in [6.45, 7) is 0. The Kier molecular flexibility index (Phi) is 3.37. The molecule has 0 radical (unpaired) electrons. The van der Waals surface area contributed by atoms with Crippen LogP contribution in [0.15, 0.2) is 42.5 Å². The molecule has 3 N–H and O–H groups in total. The molecule has 0 saturated carbocycles. The Hall–Kier alpha value is -2.56. The highest BCUT2D eigenvalue weighted by Gasteiger charge is 2.18. The Morgan fingerprint density at radius 1 is 1.26 bits per heavy atom. The molecule has 2 aromatic carbocycles. The molecule has 2 rings (SSSR count). The average molecular weight is 260 g/mol. The monoisotopic (exact) mass is 260 g/mol. The quantitative estimate of drug-likeness (QED) is 0.815. The lowest BCUT2D eigenvalue weighted by Crippen LogP contribution is -2.27. The Labute approximate surface area is 109 Å². The normalized spacial score (nSPS) is 10.2. The number of aromatic hydroxyl groups is 1. The minimum absolute atomic E-state index is 0.0457. The Balaban J connectivity index is 2.36. The molecule has 0 heterocycles. The van der Waals surface area contributed by atoms with Gasteiger partial charge in [0.15, 0.2) is 0 Å². The highest BCUT2D eigenvalue weighted by molar-refractivity contribution is 6.09. The molecule has 0 spiro atoms. The number of amides is 1. The number of hydrogen-bond donors (Lipinski definition) is 2. The van der Waals surface area contributed by atoms with Crippen molar-refractivity contribution in [2.45, 2.75) is 0 Å². The van der Waals surface area contributed by atoms with E-state index in [1.165, 1.54) is 42.3 Å². The fraction of sp³-hybridized carbons (Fsp3) is 0.0714. The predicted molar refractivity (Wildman–Crippen MR) is 71.7 cm³/mol. The van der Waals surface area contributed by atoms with Gasteiger partial charge in [-0.05, 0) is 24.3 Å². The second-order valence-electron chi connectivity index (χ2n) is 4.09. The molecular weight excluding hydrogens is 247 g/mol. The number of phenols is 1. The van der Waals surface area contributed by atoms with Crippen LogP contribution in [0.2, 0.25) is 0 Å². The Morgan fingerprint density at radius 2 is 1.95 bits per heavy atom. The summed E-state index contributed by atoms with van der Waals surface area (Å²) in [6, 6.07) is 10.3. The SMILES string of the molecule is CN(C(=O)c1cccc(F)c1N)c1cccc(O)c1. The van der Waals surface area contributed by atoms with Gasteiger partial charge in [0.2, 0.25) is 0 Å². The van der Waals surface area contributed by atoms with Crippen LogP contribution in [0, 0.1) is 5.82 Å². The molecule has 1 amide bonds. The molecule has 2 aromatic rings. The standard InChI is InChI=1S/C14H13FN2O2/c1-17(9-4-2-5-10(18)8-9)14(19)11-6-3-7-12(15)13(11)16/h2-8,18H,16H2,1H3. The van der Waals surface area contributed by atoms with Gasteiger partial charge in [-0.1, -0.05) is 12.1 Å². The van der Waals surface area contributed by atoms with Crippen LogP contribution in [-0.4, -0.2) is 18.1 Å². The van der Waals surface area contributed by atoms with Crippen molar-refractivity contribution >= 4 is 17.3 Å². The number of nitrogens with two attached hydrogens (primary N) is 1. The van der Waals surface area contributed by atoms with Crippen molar-refractivity contribution in [1.29, 1.82) is 0 Å². The van der Waals surface area contributed by atoms with Crippen LogP contribution in [0.1, 0.15) is 10.4 Å². The Bertz CT molecular complexity index is 629. The highest BCUT2D eigenvalue weighted by Crippen LogP contribution is 2.23. The van der Waals surface area contributed by atoms with Gasteiger partial charge < -0.3 is 15.7 Å². The van der Waals surface area contributed by atoms with Gasteiger partial charge in [-0.3, -0.25) is 4.79 Å². The van der Waals surface area contributed by atoms with Crippen LogP contribution >= 0.6 is 0 Å². The van der Waals surface area contributed by atoms with E-state index in [9.17, 15) is 14.3 Å². The number of nitrogen functional groups attached to an aromatic ring is 1. The average Bonchev–Trinajstić information content (AvgIpc) is 2.40. The van der Waals surface area contributed by atoms with Crippen LogP contribution in [0.4, 0.5) is 15.8 Å². The number of anilines is 2. The van der Waals surface area contributed by atoms with Crippen molar-refractivity contribution in [2.24, 2.45) is 0 Å². The molecule has 0 bridgehead atoms. The van der Waals surface area contributed by atoms with Crippen LogP contribution in [0.5, 0.6) is 5.75 Å². The van der Waals surface area contributed by atoms with E-state index in [1.807, 2.05) is 0 Å². The van der Waals surface area contributed by atoms with Gasteiger partial charge in [0, 0.05) is 18.8 Å². The minimum Gasteiger partial charge on any atom is -0.508 e. The maximum Gasteiger partial charge on any atom is 0.260 e. The molecular formula is C14H13FN2O2. The number of carbonyl (C=O) groups is 1. The van der Waals surface area contributed by atoms with Gasteiger partial charge in [-0.15, -0.1) is 0 Å². The first-order chi connectivity index (χ1) is 9.00. The van der Waals surface area contributed by atoms with Gasteiger partial charge in [-0.2, -0.15) is 0 Å². The number of halogens is 1. The van der Waals surface area contributed by atoms with Crippen LogP contribution in [0.3, 0.4) is 0 Å². The summed E-state index contributed by atoms with van der Waals surface area (Å²) in [4.78, 5) is 13.5. The predicted octanol–water partition coefficient (Wildman–Crippen LogP) is 2.39. The smallest absolute Gasteiger partial charge is 0.260 e. The van der Waals surface area contributed by atoms with Crippen molar-refractivity contribution in [2.75, 3.05) is 17.7 Å². The van der Waals surface area contributed by atoms with Gasteiger partial charge >= 0.3 is 0 Å². The van der Waals surface area contributed by atoms with Crippen LogP contribution in [0.25, 0.3) is 0 Å². The van der Waals surface area contributed by atoms with Gasteiger partial charge in [0.25, 0.3) is 5.91 Å². The zero-order valence-corrected chi connectivity index (χ0v) is 10.3. The maximum absolute atomic E-state index is 13.3. The zero-order valence-electron chi connectivity index (χ0n) is 10.3. The third kappa shape index (κ3) is 2.49. The van der Waals surface area contributed by atoms with E-state index >= 15 is 0 Å². The highest BCUT2D eigenvalue weighted by atomic mass is 19.1. The van der Waals surface area contributed by atoms with Crippen molar-refractivity contribution in [3.63, 3.8) is 0 Å². The first-order valence-corrected chi connectivity index (χ1v) is 5.62. The number of hydrogen-bond acceptors (Lipinski definition) is 3. The first-order valence-electron chi connectivity index (χ1n) is 5.62. The maximum atomic E-state index is 13.3. The number of rotatable bonds is 2. The summed E-state index contributed by atoms with van der Waals surface area (Å²) in [7, 11) is 1.53. The zero-order chi connectivity index (χ0) is 14.0. The van der Waals surface area contributed by atoms with E-state index in [0.717, 1.165) is 0 Å². The van der Waals surface area contributed by atoms with E-state index in [1.54, 1.807) is 12.1 Å².